The molecule has 8 heteroatoms. The summed E-state index contributed by atoms with van der Waals surface area (Å²) < 4.78 is 12.0. The number of hydrogen-bond acceptors (Lipinski definition) is 5. The van der Waals surface area contributed by atoms with Crippen molar-refractivity contribution in [3.8, 4) is 95.2 Å². The summed E-state index contributed by atoms with van der Waals surface area (Å²) in [5, 5.41) is 2.16. The zero-order valence-electron chi connectivity index (χ0n) is 50.4. The number of ether oxygens (including phenoxy) is 1. The summed E-state index contributed by atoms with van der Waals surface area (Å²) >= 11 is 0. The minimum Gasteiger partial charge on any atom is -0.509 e. The predicted octanol–water partition coefficient (Wildman–Crippen LogP) is 21.6. The Bertz CT molecular complexity index is 5200. The first-order chi connectivity index (χ1) is 45.0. The van der Waals surface area contributed by atoms with Gasteiger partial charge in [0.15, 0.2) is 0 Å². The molecule has 0 fully saturated rings. The van der Waals surface area contributed by atoms with E-state index in [1.807, 2.05) is 18.3 Å². The monoisotopic (exact) mass is 1360 g/mol. The molecule has 0 unspecified atom stereocenters. The first-order valence-electron chi connectivity index (χ1n) is 31.3. The number of rotatable bonds is 12. The van der Waals surface area contributed by atoms with Crippen molar-refractivity contribution >= 4 is 55.6 Å². The van der Waals surface area contributed by atoms with Gasteiger partial charge in [-0.15, -0.1) is 53.6 Å². The summed E-state index contributed by atoms with van der Waals surface area (Å²) in [5.41, 5.74) is 24.5. The molecule has 0 radical (unpaired) electrons. The Balaban J connectivity index is 0.00000673. The molecule has 0 saturated carbocycles. The fraction of sp³-hybridized carbons (Fsp3) is 0.0595. The van der Waals surface area contributed by atoms with Gasteiger partial charge < -0.3 is 23.7 Å². The van der Waals surface area contributed by atoms with Gasteiger partial charge in [-0.3, -0.25) is 0 Å². The van der Waals surface area contributed by atoms with E-state index in [0.29, 0.717) is 11.5 Å². The average molecular weight is 1360 g/mol. The van der Waals surface area contributed by atoms with E-state index in [4.69, 9.17) is 14.7 Å². The number of anilines is 4. The van der Waals surface area contributed by atoms with Crippen LogP contribution in [0.25, 0.3) is 117 Å². The third-order valence-corrected chi connectivity index (χ3v) is 18.1. The summed E-state index contributed by atoms with van der Waals surface area (Å²) in [7, 11) is 0. The molecule has 3 aromatic heterocycles. The Hall–Kier alpha value is -10.9. The number of hydrogen-bond donors (Lipinski definition) is 0. The van der Waals surface area contributed by atoms with E-state index in [1.54, 1.807) is 0 Å². The van der Waals surface area contributed by atoms with Crippen LogP contribution >= 0.6 is 0 Å². The van der Waals surface area contributed by atoms with Crippen molar-refractivity contribution < 1.29 is 25.8 Å². The summed E-state index contributed by atoms with van der Waals surface area (Å²) in [5.74, 6) is 3.02. The Morgan fingerprint density at radius 2 is 1.03 bits per heavy atom. The molecule has 0 spiro atoms. The number of pyridine rings is 1. The first-order valence-corrected chi connectivity index (χ1v) is 31.3. The second-order valence-electron chi connectivity index (χ2n) is 23.7. The molecule has 17 rings (SSSR count). The van der Waals surface area contributed by atoms with Crippen LogP contribution in [0.15, 0.2) is 285 Å². The summed E-state index contributed by atoms with van der Waals surface area (Å²) in [6.45, 7) is 5.34. The maximum Gasteiger partial charge on any atom is 0.135 e. The summed E-state index contributed by atoms with van der Waals surface area (Å²) in [6.07, 6.45) is 5.18. The van der Waals surface area contributed by atoms with Gasteiger partial charge in [0.2, 0.25) is 0 Å². The molecule has 7 nitrogen and oxygen atoms in total. The second-order valence-corrected chi connectivity index (χ2v) is 23.7. The first kappa shape index (κ1) is 56.4. The van der Waals surface area contributed by atoms with Crippen LogP contribution < -0.4 is 14.5 Å². The largest absolute Gasteiger partial charge is 0.509 e. The van der Waals surface area contributed by atoms with Gasteiger partial charge in [0, 0.05) is 85.4 Å². The van der Waals surface area contributed by atoms with Crippen LogP contribution in [0.3, 0.4) is 0 Å². The van der Waals surface area contributed by atoms with Gasteiger partial charge in [-0.2, -0.15) is 6.07 Å². The quantitative estimate of drug-likeness (QED) is 0.114. The van der Waals surface area contributed by atoms with Gasteiger partial charge in [0.25, 0.3) is 0 Å². The average Bonchev–Trinajstić information content (AvgIpc) is 1.59. The molecule has 2 aliphatic heterocycles. The topological polar surface area (TPSA) is 51.4 Å². The van der Waals surface area contributed by atoms with Crippen LogP contribution in [0, 0.1) is 25.7 Å². The van der Waals surface area contributed by atoms with Crippen molar-refractivity contribution in [2.45, 2.75) is 32.7 Å². The Morgan fingerprint density at radius 3 is 1.73 bits per heavy atom. The Labute approximate surface area is 550 Å². The summed E-state index contributed by atoms with van der Waals surface area (Å²) in [6, 6.07) is 107. The third kappa shape index (κ3) is 10.2. The van der Waals surface area contributed by atoms with Crippen LogP contribution in [-0.4, -0.2) is 19.1 Å². The number of aryl methyl sites for hydroxylation is 3. The van der Waals surface area contributed by atoms with Gasteiger partial charge in [-0.25, -0.2) is 9.97 Å². The van der Waals surface area contributed by atoms with E-state index >= 15 is 0 Å². The van der Waals surface area contributed by atoms with E-state index in [1.165, 1.54) is 5.56 Å². The van der Waals surface area contributed by atoms with E-state index < -0.39 is 0 Å². The zero-order chi connectivity index (χ0) is 60.4. The zero-order valence-corrected chi connectivity index (χ0v) is 52.7. The van der Waals surface area contributed by atoms with Crippen LogP contribution in [0.4, 0.5) is 22.7 Å². The normalized spacial score (nSPS) is 12.7. The molecule has 12 aromatic carbocycles. The number of imidazole rings is 1. The number of benzene rings is 12. The van der Waals surface area contributed by atoms with Crippen LogP contribution in [0.1, 0.15) is 24.2 Å². The molecule has 0 amide bonds. The molecule has 0 bridgehead atoms. The van der Waals surface area contributed by atoms with E-state index in [9.17, 15) is 0 Å². The fourth-order valence-corrected chi connectivity index (χ4v) is 13.8. The Morgan fingerprint density at radius 1 is 0.424 bits per heavy atom. The number of nitrogens with zero attached hydrogens (tertiary/aromatic N) is 6. The van der Waals surface area contributed by atoms with Crippen molar-refractivity contribution in [3.05, 3.63) is 315 Å². The van der Waals surface area contributed by atoms with Crippen molar-refractivity contribution in [2.24, 2.45) is 0 Å². The van der Waals surface area contributed by atoms with E-state index in [0.717, 1.165) is 171 Å². The van der Waals surface area contributed by atoms with Crippen molar-refractivity contribution in [1.82, 2.24) is 19.1 Å². The summed E-state index contributed by atoms with van der Waals surface area (Å²) in [4.78, 5) is 15.2. The molecular weight excluding hydrogens is 1300 g/mol. The van der Waals surface area contributed by atoms with Crippen molar-refractivity contribution in [1.29, 1.82) is 0 Å². The molecule has 444 valence electrons. The van der Waals surface area contributed by atoms with Crippen LogP contribution in [-0.2, 0) is 34.0 Å². The van der Waals surface area contributed by atoms with Gasteiger partial charge in [0.1, 0.15) is 11.6 Å². The molecule has 92 heavy (non-hydrogen) atoms. The molecule has 2 aliphatic rings. The second kappa shape index (κ2) is 23.8. The maximum atomic E-state index is 7.32. The number of aromatic nitrogens is 4. The van der Waals surface area contributed by atoms with E-state index in [2.05, 4.69) is 312 Å². The molecule has 15 aromatic rings. The van der Waals surface area contributed by atoms with Crippen LogP contribution in [0.2, 0.25) is 0 Å². The van der Waals surface area contributed by atoms with Gasteiger partial charge >= 0.3 is 0 Å². The fourth-order valence-electron chi connectivity index (χ4n) is 13.8. The number of fused-ring (bicyclic) bond motifs is 7. The van der Waals surface area contributed by atoms with Gasteiger partial charge in [0.05, 0.1) is 11.0 Å². The van der Waals surface area contributed by atoms with Crippen molar-refractivity contribution in [2.75, 3.05) is 9.80 Å². The predicted molar refractivity (Wildman–Crippen MR) is 373 cm³/mol. The van der Waals surface area contributed by atoms with Crippen LogP contribution in [0.5, 0.6) is 11.5 Å². The molecular formula is C84H59N6OPt-3. The molecule has 0 saturated heterocycles. The van der Waals surface area contributed by atoms with Crippen molar-refractivity contribution in [3.63, 3.8) is 0 Å². The van der Waals surface area contributed by atoms with E-state index in [-0.39, 0.29) is 21.1 Å². The smallest absolute Gasteiger partial charge is 0.135 e. The minimum atomic E-state index is 0. The van der Waals surface area contributed by atoms with Gasteiger partial charge in [-0.05, 0) is 134 Å². The number of para-hydroxylation sites is 1. The molecule has 0 atom stereocenters. The molecule has 0 N–H and O–H groups in total. The molecule has 0 aliphatic carbocycles. The third-order valence-electron chi connectivity index (χ3n) is 18.1. The minimum absolute atomic E-state index is 0. The standard InChI is InChI=1S/C84H59N6O.Pt/c1-56-45-83(85-54-74(56)61-31-15-6-16-32-61)90-77-38-18-17-35-71(77)72-42-41-67(51-78(72)90)91-68-48-65(84-69(59-27-11-4-12-28-59)36-22-37-70(84)60-29-13-5-14-30-60)47-66(50-68)88-55-89(81-53-79-75(52-80(81)88)86-82-39-19-20-44-87(79)82)76-43-40-63(58-25-9-3-10-26-58)49-73(76)64-34-21-33-62(46-64)57-23-7-2-8-24-57;/h2-18,21-38,40-43,45-49,52-55H,19-20,39,44H2,1H3;/q-3;. The Kier molecular flexibility index (Phi) is 14.6. The van der Waals surface area contributed by atoms with Gasteiger partial charge in [-0.1, -0.05) is 218 Å². The SMILES string of the molecule is Cc1cc(-n2c3[c-]c(Oc4[c-]c(N5[CH-]N(c6ccc(-c7ccccc7)cc6-c6cccc(-c7ccccc7)c6)c6cc7c(cc65)nc5n7CCCC5)cc(-c5c(-c6ccccc6)cccc5-c5ccccc5)c4)ccc3c3ccccc32)ncc1-c1ccccc1.[Pt]. The maximum absolute atomic E-state index is 7.32. The molecule has 5 heterocycles.